The average Bonchev–Trinajstić information content (AvgIpc) is 2.41. The summed E-state index contributed by atoms with van der Waals surface area (Å²) < 4.78 is 13.8. The van der Waals surface area contributed by atoms with Crippen molar-refractivity contribution in [3.63, 3.8) is 0 Å². The first-order chi connectivity index (χ1) is 9.58. The molecule has 106 valence electrons. The quantitative estimate of drug-likeness (QED) is 0.913. The number of rotatable bonds is 5. The Labute approximate surface area is 124 Å². The number of nitrogens with two attached hydrogens (primary N) is 1. The van der Waals surface area contributed by atoms with Crippen LogP contribution >= 0.6 is 11.6 Å². The van der Waals surface area contributed by atoms with Crippen molar-refractivity contribution in [2.45, 2.75) is 19.6 Å². The molecule has 0 saturated carbocycles. The van der Waals surface area contributed by atoms with Crippen LogP contribution in [0.25, 0.3) is 0 Å². The molecule has 0 radical (unpaired) electrons. The van der Waals surface area contributed by atoms with Gasteiger partial charge in [0.1, 0.15) is 5.82 Å². The van der Waals surface area contributed by atoms with E-state index in [1.807, 2.05) is 42.3 Å². The van der Waals surface area contributed by atoms with Gasteiger partial charge in [-0.05, 0) is 36.4 Å². The van der Waals surface area contributed by atoms with E-state index in [0.29, 0.717) is 30.2 Å². The number of hydrogen-bond donors (Lipinski definition) is 1. The van der Waals surface area contributed by atoms with Gasteiger partial charge in [-0.15, -0.1) is 0 Å². The van der Waals surface area contributed by atoms with E-state index < -0.39 is 0 Å². The van der Waals surface area contributed by atoms with Crippen molar-refractivity contribution in [1.82, 2.24) is 4.90 Å². The zero-order valence-corrected chi connectivity index (χ0v) is 12.2. The lowest BCUT2D eigenvalue weighted by atomic mass is 10.1. The minimum atomic E-state index is -0.194. The summed E-state index contributed by atoms with van der Waals surface area (Å²) in [6, 6.07) is 12.7. The minimum Gasteiger partial charge on any atom is -0.326 e. The molecule has 0 aliphatic heterocycles. The molecule has 0 spiro atoms. The second kappa shape index (κ2) is 6.84. The fourth-order valence-electron chi connectivity index (χ4n) is 2.17. The second-order valence-corrected chi connectivity index (χ2v) is 5.37. The molecule has 2 N–H and O–H groups in total. The van der Waals surface area contributed by atoms with Gasteiger partial charge in [0.2, 0.25) is 0 Å². The largest absolute Gasteiger partial charge is 0.326 e. The van der Waals surface area contributed by atoms with E-state index >= 15 is 0 Å². The molecular weight excluding hydrogens is 275 g/mol. The van der Waals surface area contributed by atoms with Crippen LogP contribution in [0.15, 0.2) is 42.5 Å². The topological polar surface area (TPSA) is 29.3 Å². The van der Waals surface area contributed by atoms with Crippen LogP contribution in [0.3, 0.4) is 0 Å². The van der Waals surface area contributed by atoms with Crippen molar-refractivity contribution in [1.29, 1.82) is 0 Å². The van der Waals surface area contributed by atoms with Crippen molar-refractivity contribution in [3.8, 4) is 0 Å². The predicted octanol–water partition coefficient (Wildman–Crippen LogP) is 3.57. The number of hydrogen-bond acceptors (Lipinski definition) is 2. The van der Waals surface area contributed by atoms with Crippen LogP contribution in [-0.2, 0) is 19.6 Å². The van der Waals surface area contributed by atoms with Gasteiger partial charge in [0.25, 0.3) is 0 Å². The highest BCUT2D eigenvalue weighted by Crippen LogP contribution is 2.16. The molecule has 0 aromatic heterocycles. The smallest absolute Gasteiger partial charge is 0.127 e. The summed E-state index contributed by atoms with van der Waals surface area (Å²) in [6.07, 6.45) is 0. The third kappa shape index (κ3) is 4.04. The maximum Gasteiger partial charge on any atom is 0.127 e. The van der Waals surface area contributed by atoms with E-state index in [2.05, 4.69) is 0 Å². The molecule has 4 heteroatoms. The molecule has 0 heterocycles. The van der Waals surface area contributed by atoms with Crippen molar-refractivity contribution < 1.29 is 4.39 Å². The first kappa shape index (κ1) is 15.0. The Morgan fingerprint density at radius 1 is 1.10 bits per heavy atom. The van der Waals surface area contributed by atoms with Gasteiger partial charge in [-0.25, -0.2) is 4.39 Å². The molecule has 0 amide bonds. The summed E-state index contributed by atoms with van der Waals surface area (Å²) in [7, 11) is 1.95. The van der Waals surface area contributed by atoms with Gasteiger partial charge in [-0.1, -0.05) is 35.9 Å². The summed E-state index contributed by atoms with van der Waals surface area (Å²) in [4.78, 5) is 2.05. The van der Waals surface area contributed by atoms with E-state index in [1.165, 1.54) is 6.07 Å². The second-order valence-electron chi connectivity index (χ2n) is 4.93. The van der Waals surface area contributed by atoms with Crippen molar-refractivity contribution in [2.24, 2.45) is 5.73 Å². The van der Waals surface area contributed by atoms with E-state index in [4.69, 9.17) is 17.3 Å². The van der Waals surface area contributed by atoms with E-state index in [1.54, 1.807) is 6.07 Å². The zero-order valence-electron chi connectivity index (χ0n) is 11.4. The van der Waals surface area contributed by atoms with Gasteiger partial charge in [-0.2, -0.15) is 0 Å². The number of nitrogens with zero attached hydrogens (tertiary/aromatic N) is 1. The summed E-state index contributed by atoms with van der Waals surface area (Å²) >= 11 is 5.96. The standard InChI is InChI=1S/C16H18ClFN2/c1-20(10-13-3-2-4-15(17)8-13)11-14-7-12(9-19)5-6-16(14)18/h2-8H,9-11,19H2,1H3. The van der Waals surface area contributed by atoms with Crippen LogP contribution < -0.4 is 5.73 Å². The van der Waals surface area contributed by atoms with Crippen LogP contribution in [0.1, 0.15) is 16.7 Å². The molecule has 2 aromatic rings. The Bertz CT molecular complexity index is 586. The Morgan fingerprint density at radius 3 is 2.60 bits per heavy atom. The third-order valence-corrected chi connectivity index (χ3v) is 3.36. The van der Waals surface area contributed by atoms with E-state index in [9.17, 15) is 4.39 Å². The number of benzene rings is 2. The molecule has 0 fully saturated rings. The van der Waals surface area contributed by atoms with Crippen LogP contribution in [0.5, 0.6) is 0 Å². The summed E-state index contributed by atoms with van der Waals surface area (Å²) in [5.74, 6) is -0.194. The highest BCUT2D eigenvalue weighted by Gasteiger charge is 2.07. The molecule has 0 unspecified atom stereocenters. The van der Waals surface area contributed by atoms with Crippen LogP contribution in [0, 0.1) is 5.82 Å². The normalized spacial score (nSPS) is 11.1. The fourth-order valence-corrected chi connectivity index (χ4v) is 2.38. The third-order valence-electron chi connectivity index (χ3n) is 3.13. The van der Waals surface area contributed by atoms with E-state index in [-0.39, 0.29) is 5.82 Å². The SMILES string of the molecule is CN(Cc1cccc(Cl)c1)Cc1cc(CN)ccc1F. The number of halogens is 2. The monoisotopic (exact) mass is 292 g/mol. The average molecular weight is 293 g/mol. The molecule has 0 atom stereocenters. The summed E-state index contributed by atoms with van der Waals surface area (Å²) in [5.41, 5.74) is 8.30. The van der Waals surface area contributed by atoms with Gasteiger partial charge >= 0.3 is 0 Å². The molecular formula is C16H18ClFN2. The molecule has 2 nitrogen and oxygen atoms in total. The molecule has 2 aromatic carbocycles. The van der Waals surface area contributed by atoms with Crippen LogP contribution in [0.4, 0.5) is 4.39 Å². The van der Waals surface area contributed by atoms with Gasteiger partial charge in [0, 0.05) is 30.2 Å². The molecule has 20 heavy (non-hydrogen) atoms. The molecule has 0 saturated heterocycles. The molecule has 0 aliphatic rings. The maximum absolute atomic E-state index is 13.8. The van der Waals surface area contributed by atoms with Gasteiger partial charge in [-0.3, -0.25) is 4.90 Å². The predicted molar refractivity (Wildman–Crippen MR) is 80.9 cm³/mol. The lowest BCUT2D eigenvalue weighted by Crippen LogP contribution is -2.18. The fraction of sp³-hybridized carbons (Fsp3) is 0.250. The first-order valence-electron chi connectivity index (χ1n) is 6.49. The molecule has 0 bridgehead atoms. The van der Waals surface area contributed by atoms with Crippen LogP contribution in [-0.4, -0.2) is 11.9 Å². The maximum atomic E-state index is 13.8. The lowest BCUT2D eigenvalue weighted by molar-refractivity contribution is 0.313. The summed E-state index contributed by atoms with van der Waals surface area (Å²) in [5, 5.41) is 0.715. The Balaban J connectivity index is 2.06. The lowest BCUT2D eigenvalue weighted by Gasteiger charge is -2.18. The highest BCUT2D eigenvalue weighted by molar-refractivity contribution is 6.30. The summed E-state index contributed by atoms with van der Waals surface area (Å²) in [6.45, 7) is 1.67. The van der Waals surface area contributed by atoms with Gasteiger partial charge < -0.3 is 5.73 Å². The zero-order chi connectivity index (χ0) is 14.5. The van der Waals surface area contributed by atoms with E-state index in [0.717, 1.165) is 11.1 Å². The Hall–Kier alpha value is -1.42. The Kier molecular flexibility index (Phi) is 5.12. The van der Waals surface area contributed by atoms with Gasteiger partial charge in [0.05, 0.1) is 0 Å². The first-order valence-corrected chi connectivity index (χ1v) is 6.86. The highest BCUT2D eigenvalue weighted by atomic mass is 35.5. The Morgan fingerprint density at radius 2 is 1.90 bits per heavy atom. The minimum absolute atomic E-state index is 0.194. The molecule has 0 aliphatic carbocycles. The van der Waals surface area contributed by atoms with Crippen molar-refractivity contribution in [2.75, 3.05) is 7.05 Å². The van der Waals surface area contributed by atoms with Gasteiger partial charge in [0.15, 0.2) is 0 Å². The van der Waals surface area contributed by atoms with Crippen molar-refractivity contribution in [3.05, 3.63) is 70.0 Å². The van der Waals surface area contributed by atoms with Crippen molar-refractivity contribution >= 4 is 11.6 Å². The molecule has 2 rings (SSSR count). The van der Waals surface area contributed by atoms with Crippen LogP contribution in [0.2, 0.25) is 5.02 Å².